The molecule has 0 unspecified atom stereocenters. The average Bonchev–Trinajstić information content (AvgIpc) is 2.07. The molecule has 2 nitrogen and oxygen atoms in total. The van der Waals surface area contributed by atoms with Gasteiger partial charge in [0, 0.05) is 5.56 Å². The molecular formula is C9H9FO2. The number of phenolic OH excluding ortho intramolecular Hbond substituents is 1. The van der Waals surface area contributed by atoms with E-state index in [1.165, 1.54) is 30.4 Å². The maximum Gasteiger partial charge on any atom is 0.124 e. The second-order valence-electron chi connectivity index (χ2n) is 2.29. The van der Waals surface area contributed by atoms with Crippen molar-refractivity contribution in [2.24, 2.45) is 0 Å². The molecule has 0 radical (unpaired) electrons. The van der Waals surface area contributed by atoms with E-state index in [4.69, 9.17) is 10.2 Å². The Hall–Kier alpha value is -1.35. The van der Waals surface area contributed by atoms with Crippen LogP contribution < -0.4 is 0 Å². The van der Waals surface area contributed by atoms with Crippen molar-refractivity contribution in [2.75, 3.05) is 6.61 Å². The molecule has 0 aromatic heterocycles. The van der Waals surface area contributed by atoms with Crippen LogP contribution in [0.3, 0.4) is 0 Å². The fourth-order valence-corrected chi connectivity index (χ4v) is 0.839. The SMILES string of the molecule is OC/C=C/c1cc(F)ccc1O. The van der Waals surface area contributed by atoms with Crippen molar-refractivity contribution in [1.82, 2.24) is 0 Å². The highest BCUT2D eigenvalue weighted by molar-refractivity contribution is 5.56. The first-order valence-electron chi connectivity index (χ1n) is 3.50. The summed E-state index contributed by atoms with van der Waals surface area (Å²) in [7, 11) is 0. The molecule has 1 aromatic carbocycles. The van der Waals surface area contributed by atoms with E-state index in [0.717, 1.165) is 0 Å². The van der Waals surface area contributed by atoms with Crippen LogP contribution in [0.4, 0.5) is 4.39 Å². The summed E-state index contributed by atoms with van der Waals surface area (Å²) in [5.74, 6) is -0.411. The Kier molecular flexibility index (Phi) is 2.82. The third-order valence-corrected chi connectivity index (χ3v) is 1.39. The Labute approximate surface area is 69.6 Å². The van der Waals surface area contributed by atoms with Gasteiger partial charge < -0.3 is 10.2 Å². The highest BCUT2D eigenvalue weighted by atomic mass is 19.1. The third-order valence-electron chi connectivity index (χ3n) is 1.39. The van der Waals surface area contributed by atoms with Crippen LogP contribution in [0.25, 0.3) is 6.08 Å². The van der Waals surface area contributed by atoms with Crippen molar-refractivity contribution in [3.05, 3.63) is 35.7 Å². The average molecular weight is 168 g/mol. The molecule has 0 aliphatic rings. The fraction of sp³-hybridized carbons (Fsp3) is 0.111. The number of phenols is 1. The summed E-state index contributed by atoms with van der Waals surface area (Å²) in [6.07, 6.45) is 2.88. The Morgan fingerprint density at radius 3 is 2.83 bits per heavy atom. The van der Waals surface area contributed by atoms with E-state index in [9.17, 15) is 4.39 Å². The van der Waals surface area contributed by atoms with Gasteiger partial charge in [-0.1, -0.05) is 12.2 Å². The summed E-state index contributed by atoms with van der Waals surface area (Å²) in [4.78, 5) is 0. The van der Waals surface area contributed by atoms with Gasteiger partial charge in [-0.25, -0.2) is 4.39 Å². The molecule has 0 bridgehead atoms. The van der Waals surface area contributed by atoms with Gasteiger partial charge in [-0.15, -0.1) is 0 Å². The van der Waals surface area contributed by atoms with Gasteiger partial charge in [-0.2, -0.15) is 0 Å². The summed E-state index contributed by atoms with van der Waals surface area (Å²) < 4.78 is 12.6. The van der Waals surface area contributed by atoms with E-state index in [-0.39, 0.29) is 12.4 Å². The quantitative estimate of drug-likeness (QED) is 0.703. The summed E-state index contributed by atoms with van der Waals surface area (Å²) in [5.41, 5.74) is 0.365. The summed E-state index contributed by atoms with van der Waals surface area (Å²) >= 11 is 0. The highest BCUT2D eigenvalue weighted by Gasteiger charge is 1.97. The fourth-order valence-electron chi connectivity index (χ4n) is 0.839. The van der Waals surface area contributed by atoms with E-state index < -0.39 is 5.82 Å². The first-order chi connectivity index (χ1) is 5.74. The topological polar surface area (TPSA) is 40.5 Å². The summed E-state index contributed by atoms with van der Waals surface area (Å²) in [6, 6.07) is 3.64. The zero-order chi connectivity index (χ0) is 8.97. The first-order valence-corrected chi connectivity index (χ1v) is 3.50. The molecule has 0 aliphatic carbocycles. The molecule has 2 N–H and O–H groups in total. The lowest BCUT2D eigenvalue weighted by atomic mass is 10.2. The van der Waals surface area contributed by atoms with Gasteiger partial charge in [-0.3, -0.25) is 0 Å². The van der Waals surface area contributed by atoms with Gasteiger partial charge in [0.1, 0.15) is 11.6 Å². The van der Waals surface area contributed by atoms with E-state index >= 15 is 0 Å². The lowest BCUT2D eigenvalue weighted by molar-refractivity contribution is 0.343. The van der Waals surface area contributed by atoms with E-state index in [1.54, 1.807) is 0 Å². The van der Waals surface area contributed by atoms with Crippen molar-refractivity contribution < 1.29 is 14.6 Å². The van der Waals surface area contributed by atoms with Crippen LogP contribution in [0.15, 0.2) is 24.3 Å². The summed E-state index contributed by atoms with van der Waals surface area (Å²) in [5, 5.41) is 17.6. The van der Waals surface area contributed by atoms with E-state index in [1.807, 2.05) is 0 Å². The number of halogens is 1. The second kappa shape index (κ2) is 3.88. The standard InChI is InChI=1S/C9H9FO2/c10-8-3-4-9(12)7(6-8)2-1-5-11/h1-4,6,11-12H,5H2/b2-1+. The molecular weight excluding hydrogens is 159 g/mol. The minimum atomic E-state index is -0.412. The maximum absolute atomic E-state index is 12.6. The van der Waals surface area contributed by atoms with Crippen LogP contribution in [0, 0.1) is 5.82 Å². The minimum Gasteiger partial charge on any atom is -0.507 e. The van der Waals surface area contributed by atoms with Crippen LogP contribution >= 0.6 is 0 Å². The molecule has 0 aliphatic heterocycles. The van der Waals surface area contributed by atoms with Crippen LogP contribution in [0.1, 0.15) is 5.56 Å². The number of aliphatic hydroxyl groups excluding tert-OH is 1. The van der Waals surface area contributed by atoms with Gasteiger partial charge in [0.25, 0.3) is 0 Å². The van der Waals surface area contributed by atoms with Crippen LogP contribution in [-0.4, -0.2) is 16.8 Å². The van der Waals surface area contributed by atoms with E-state index in [2.05, 4.69) is 0 Å². The predicted molar refractivity (Wildman–Crippen MR) is 44.2 cm³/mol. The van der Waals surface area contributed by atoms with Gasteiger partial charge in [0.05, 0.1) is 6.61 Å². The van der Waals surface area contributed by atoms with E-state index in [0.29, 0.717) is 5.56 Å². The number of aliphatic hydroxyl groups is 1. The van der Waals surface area contributed by atoms with Crippen molar-refractivity contribution in [3.8, 4) is 5.75 Å². The largest absolute Gasteiger partial charge is 0.507 e. The molecule has 0 heterocycles. The second-order valence-corrected chi connectivity index (χ2v) is 2.29. The van der Waals surface area contributed by atoms with Crippen LogP contribution in [-0.2, 0) is 0 Å². The van der Waals surface area contributed by atoms with Crippen molar-refractivity contribution in [3.63, 3.8) is 0 Å². The van der Waals surface area contributed by atoms with Gasteiger partial charge >= 0.3 is 0 Å². The van der Waals surface area contributed by atoms with Gasteiger partial charge in [0.15, 0.2) is 0 Å². The molecule has 3 heteroatoms. The number of rotatable bonds is 2. The van der Waals surface area contributed by atoms with Crippen molar-refractivity contribution in [2.45, 2.75) is 0 Å². The number of hydrogen-bond donors (Lipinski definition) is 2. The molecule has 0 amide bonds. The Morgan fingerprint density at radius 1 is 1.42 bits per heavy atom. The van der Waals surface area contributed by atoms with Crippen LogP contribution in [0.5, 0.6) is 5.75 Å². The molecule has 1 rings (SSSR count). The summed E-state index contributed by atoms with van der Waals surface area (Å²) in [6.45, 7) is -0.129. The molecule has 0 fully saturated rings. The molecule has 1 aromatic rings. The lowest BCUT2D eigenvalue weighted by Crippen LogP contribution is -1.79. The van der Waals surface area contributed by atoms with Crippen molar-refractivity contribution >= 4 is 6.08 Å². The molecule has 0 saturated carbocycles. The Balaban J connectivity index is 2.97. The van der Waals surface area contributed by atoms with Crippen molar-refractivity contribution in [1.29, 1.82) is 0 Å². The van der Waals surface area contributed by atoms with Crippen LogP contribution in [0.2, 0.25) is 0 Å². The zero-order valence-corrected chi connectivity index (χ0v) is 6.37. The normalized spacial score (nSPS) is 10.8. The molecule has 64 valence electrons. The molecule has 0 atom stereocenters. The Morgan fingerprint density at radius 2 is 2.17 bits per heavy atom. The number of aromatic hydroxyl groups is 1. The smallest absolute Gasteiger partial charge is 0.124 e. The third kappa shape index (κ3) is 2.07. The maximum atomic E-state index is 12.6. The van der Waals surface area contributed by atoms with Gasteiger partial charge in [-0.05, 0) is 18.2 Å². The predicted octanol–water partition coefficient (Wildman–Crippen LogP) is 1.54. The number of hydrogen-bond acceptors (Lipinski definition) is 2. The minimum absolute atomic E-state index is 0.00102. The number of benzene rings is 1. The lowest BCUT2D eigenvalue weighted by Gasteiger charge is -1.97. The monoisotopic (exact) mass is 168 g/mol. The zero-order valence-electron chi connectivity index (χ0n) is 6.37. The Bertz CT molecular complexity index is 295. The molecule has 0 saturated heterocycles. The highest BCUT2D eigenvalue weighted by Crippen LogP contribution is 2.18. The first kappa shape index (κ1) is 8.74. The van der Waals surface area contributed by atoms with Gasteiger partial charge in [0.2, 0.25) is 0 Å². The molecule has 0 spiro atoms. The molecule has 12 heavy (non-hydrogen) atoms.